The molecule has 29 heavy (non-hydrogen) atoms. The second-order valence-electron chi connectivity index (χ2n) is 6.16. The van der Waals surface area contributed by atoms with Gasteiger partial charge in [0.05, 0.1) is 16.9 Å². The Morgan fingerprint density at radius 1 is 1.00 bits per heavy atom. The smallest absolute Gasteiger partial charge is 0.335 e. The predicted molar refractivity (Wildman–Crippen MR) is 102 cm³/mol. The molecule has 0 aliphatic heterocycles. The molecule has 0 saturated heterocycles. The fourth-order valence-corrected chi connectivity index (χ4v) is 2.84. The van der Waals surface area contributed by atoms with Crippen molar-refractivity contribution >= 4 is 28.0 Å². The number of benzene rings is 1. The topological polar surface area (TPSA) is 180 Å². The molecule has 1 aromatic carbocycles. The van der Waals surface area contributed by atoms with Crippen LogP contribution in [-0.2, 0) is 23.0 Å². The molecule has 4 N–H and O–H groups in total. The lowest BCUT2D eigenvalue weighted by molar-refractivity contribution is 0.0696. The van der Waals surface area contributed by atoms with Gasteiger partial charge in [-0.1, -0.05) is 6.92 Å². The molecule has 0 amide bonds. The Morgan fingerprint density at radius 3 is 2.10 bits per heavy atom. The lowest BCUT2D eigenvalue weighted by Crippen LogP contribution is -2.17. The van der Waals surface area contributed by atoms with Crippen LogP contribution in [0.2, 0.25) is 0 Å². The maximum absolute atomic E-state index is 11.3. The van der Waals surface area contributed by atoms with Crippen molar-refractivity contribution in [1.29, 1.82) is 0 Å². The van der Waals surface area contributed by atoms with Gasteiger partial charge in [-0.15, -0.1) is 0 Å². The molecule has 11 nitrogen and oxygen atoms in total. The molecule has 0 spiro atoms. The van der Waals surface area contributed by atoms with Gasteiger partial charge in [0, 0.05) is 19.4 Å². The van der Waals surface area contributed by atoms with E-state index in [0.717, 1.165) is 12.5 Å². The number of carboxylic acid groups (broad SMARTS) is 2. The fourth-order valence-electron chi connectivity index (χ4n) is 2.48. The van der Waals surface area contributed by atoms with E-state index in [1.54, 1.807) is 0 Å². The Kier molecular flexibility index (Phi) is 7.18. The molecule has 0 aliphatic rings. The molecule has 0 atom stereocenters. The highest BCUT2D eigenvalue weighted by molar-refractivity contribution is 7.85. The number of aromatic nitrogens is 3. The molecular formula is C17H20N4O7S. The van der Waals surface area contributed by atoms with Gasteiger partial charge < -0.3 is 15.5 Å². The van der Waals surface area contributed by atoms with Gasteiger partial charge in [0.15, 0.2) is 0 Å². The molecule has 2 rings (SSSR count). The second kappa shape index (κ2) is 9.39. The SMILES string of the molecule is CCCc1nc(Cc2cc(C(=O)O)cc(C(=O)O)c2)nc(NCCS(=O)(=O)O)n1. The van der Waals surface area contributed by atoms with Crippen molar-refractivity contribution < 1.29 is 32.8 Å². The second-order valence-corrected chi connectivity index (χ2v) is 7.73. The van der Waals surface area contributed by atoms with Crippen LogP contribution in [0, 0.1) is 0 Å². The van der Waals surface area contributed by atoms with Gasteiger partial charge in [0.2, 0.25) is 5.95 Å². The first kappa shape index (κ1) is 22.2. The van der Waals surface area contributed by atoms with Crippen LogP contribution in [-0.4, -0.2) is 62.4 Å². The van der Waals surface area contributed by atoms with Gasteiger partial charge in [-0.25, -0.2) is 14.6 Å². The van der Waals surface area contributed by atoms with Gasteiger partial charge in [0.1, 0.15) is 11.6 Å². The summed E-state index contributed by atoms with van der Waals surface area (Å²) in [7, 11) is -4.14. The molecule has 0 fully saturated rings. The first-order valence-electron chi connectivity index (χ1n) is 8.61. The number of nitrogens with zero attached hydrogens (tertiary/aromatic N) is 3. The molecule has 0 radical (unpaired) electrons. The number of aryl methyl sites for hydroxylation is 1. The van der Waals surface area contributed by atoms with Crippen LogP contribution in [0.1, 0.15) is 51.3 Å². The van der Waals surface area contributed by atoms with Crippen LogP contribution in [0.5, 0.6) is 0 Å². The lowest BCUT2D eigenvalue weighted by atomic mass is 10.0. The lowest BCUT2D eigenvalue weighted by Gasteiger charge is -2.09. The average molecular weight is 424 g/mol. The number of carbonyl (C=O) groups is 2. The van der Waals surface area contributed by atoms with E-state index in [9.17, 15) is 28.2 Å². The van der Waals surface area contributed by atoms with Crippen molar-refractivity contribution in [2.75, 3.05) is 17.6 Å². The summed E-state index contributed by atoms with van der Waals surface area (Å²) in [6.07, 6.45) is 1.32. The molecule has 2 aromatic rings. The maximum atomic E-state index is 11.3. The van der Waals surface area contributed by atoms with Crippen molar-refractivity contribution in [3.63, 3.8) is 0 Å². The summed E-state index contributed by atoms with van der Waals surface area (Å²) in [5.74, 6) is -2.24. The minimum Gasteiger partial charge on any atom is -0.478 e. The highest BCUT2D eigenvalue weighted by Crippen LogP contribution is 2.15. The number of rotatable bonds is 10. The first-order chi connectivity index (χ1) is 13.6. The zero-order valence-corrected chi connectivity index (χ0v) is 16.3. The van der Waals surface area contributed by atoms with Crippen molar-refractivity contribution in [3.05, 3.63) is 46.5 Å². The number of anilines is 1. The highest BCUT2D eigenvalue weighted by Gasteiger charge is 2.14. The summed E-state index contributed by atoms with van der Waals surface area (Å²) >= 11 is 0. The first-order valence-corrected chi connectivity index (χ1v) is 10.2. The summed E-state index contributed by atoms with van der Waals surface area (Å²) in [5, 5.41) is 21.1. The molecule has 156 valence electrons. The third-order valence-corrected chi connectivity index (χ3v) is 4.41. The molecular weight excluding hydrogens is 404 g/mol. The van der Waals surface area contributed by atoms with E-state index in [4.69, 9.17) is 4.55 Å². The Labute approximate surface area is 166 Å². The van der Waals surface area contributed by atoms with Crippen LogP contribution in [0.15, 0.2) is 18.2 Å². The van der Waals surface area contributed by atoms with Gasteiger partial charge >= 0.3 is 11.9 Å². The van der Waals surface area contributed by atoms with E-state index in [-0.39, 0.29) is 35.9 Å². The van der Waals surface area contributed by atoms with Crippen LogP contribution < -0.4 is 5.32 Å². The highest BCUT2D eigenvalue weighted by atomic mass is 32.2. The fraction of sp³-hybridized carbons (Fsp3) is 0.353. The number of hydrogen-bond acceptors (Lipinski definition) is 8. The molecule has 0 unspecified atom stereocenters. The molecule has 0 aliphatic carbocycles. The summed E-state index contributed by atoms with van der Waals surface area (Å²) in [6, 6.07) is 3.74. The number of nitrogens with one attached hydrogen (secondary N) is 1. The van der Waals surface area contributed by atoms with Crippen molar-refractivity contribution in [1.82, 2.24) is 15.0 Å². The van der Waals surface area contributed by atoms with Crippen LogP contribution in [0.3, 0.4) is 0 Å². The van der Waals surface area contributed by atoms with Crippen molar-refractivity contribution in [2.45, 2.75) is 26.2 Å². The van der Waals surface area contributed by atoms with Gasteiger partial charge in [-0.05, 0) is 30.2 Å². The molecule has 0 saturated carbocycles. The Balaban J connectivity index is 2.33. The Bertz CT molecular complexity index is 992. The Morgan fingerprint density at radius 2 is 1.59 bits per heavy atom. The third kappa shape index (κ3) is 7.08. The van der Waals surface area contributed by atoms with E-state index >= 15 is 0 Å². The molecule has 1 heterocycles. The van der Waals surface area contributed by atoms with Crippen LogP contribution in [0.4, 0.5) is 5.95 Å². The quantitative estimate of drug-likeness (QED) is 0.401. The largest absolute Gasteiger partial charge is 0.478 e. The van der Waals surface area contributed by atoms with E-state index in [1.165, 1.54) is 12.1 Å². The molecule has 12 heteroatoms. The standard InChI is InChI=1S/C17H20N4O7S/c1-2-3-13-19-14(21-17(20-13)18-4-5-29(26,27)28)8-10-6-11(15(22)23)9-12(7-10)16(24)25/h6-7,9H,2-5,8H2,1H3,(H,22,23)(H,24,25)(H,26,27,28)(H,18,19,20,21). The molecule has 1 aromatic heterocycles. The van der Waals surface area contributed by atoms with E-state index in [0.29, 0.717) is 17.8 Å². The normalized spacial score (nSPS) is 11.2. The van der Waals surface area contributed by atoms with E-state index in [2.05, 4.69) is 20.3 Å². The summed E-state index contributed by atoms with van der Waals surface area (Å²) in [5.41, 5.74) is 0.0447. The van der Waals surface area contributed by atoms with Crippen molar-refractivity contribution in [3.8, 4) is 0 Å². The summed E-state index contributed by atoms with van der Waals surface area (Å²) < 4.78 is 30.5. The number of carboxylic acids is 2. The summed E-state index contributed by atoms with van der Waals surface area (Å²) in [6.45, 7) is 1.80. The zero-order valence-electron chi connectivity index (χ0n) is 15.5. The minimum absolute atomic E-state index is 0.0492. The van der Waals surface area contributed by atoms with Crippen molar-refractivity contribution in [2.24, 2.45) is 0 Å². The monoisotopic (exact) mass is 424 g/mol. The number of aromatic carboxylic acids is 2. The number of hydrogen-bond donors (Lipinski definition) is 4. The minimum atomic E-state index is -4.14. The third-order valence-electron chi connectivity index (χ3n) is 3.69. The van der Waals surface area contributed by atoms with E-state index < -0.39 is 27.8 Å². The van der Waals surface area contributed by atoms with E-state index in [1.807, 2.05) is 6.92 Å². The van der Waals surface area contributed by atoms with Crippen LogP contribution >= 0.6 is 0 Å². The zero-order chi connectivity index (χ0) is 21.6. The summed E-state index contributed by atoms with van der Waals surface area (Å²) in [4.78, 5) is 35.2. The Hall–Kier alpha value is -3.12. The van der Waals surface area contributed by atoms with Gasteiger partial charge in [-0.2, -0.15) is 18.4 Å². The van der Waals surface area contributed by atoms with Crippen LogP contribution in [0.25, 0.3) is 0 Å². The predicted octanol–water partition coefficient (Wildman–Crippen LogP) is 1.11. The maximum Gasteiger partial charge on any atom is 0.335 e. The molecule has 0 bridgehead atoms. The van der Waals surface area contributed by atoms with Gasteiger partial charge in [0.25, 0.3) is 10.1 Å². The average Bonchev–Trinajstić information content (AvgIpc) is 2.60. The van der Waals surface area contributed by atoms with Gasteiger partial charge in [-0.3, -0.25) is 4.55 Å².